The number of allylic oxidation sites excluding steroid dienone is 3. The van der Waals surface area contributed by atoms with Crippen LogP contribution in [0, 0.1) is 11.8 Å². The van der Waals surface area contributed by atoms with Crippen LogP contribution in [0.4, 0.5) is 8.78 Å². The number of Topliss-reactive ketones (excluding diaryl/α,β-unsaturated/α-hetero) is 1. The van der Waals surface area contributed by atoms with Crippen LogP contribution in [-0.2, 0) is 37.1 Å². The van der Waals surface area contributed by atoms with Gasteiger partial charge in [0.1, 0.15) is 12.4 Å². The first-order valence-corrected chi connectivity index (χ1v) is 14.4. The molecule has 0 aliphatic heterocycles. The lowest BCUT2D eigenvalue weighted by molar-refractivity contribution is -0.145. The molecular formula is C34H40F2O5. The van der Waals surface area contributed by atoms with E-state index in [0.717, 1.165) is 17.2 Å². The normalized spacial score (nSPS) is 19.3. The highest BCUT2D eigenvalue weighted by Gasteiger charge is 2.42. The summed E-state index contributed by atoms with van der Waals surface area (Å²) in [5.74, 6) is -5.91. The Morgan fingerprint density at radius 3 is 2.27 bits per heavy atom. The van der Waals surface area contributed by atoms with Gasteiger partial charge in [-0.3, -0.25) is 14.4 Å². The molecule has 0 aromatic heterocycles. The number of benzene rings is 2. The molecule has 7 heteroatoms. The van der Waals surface area contributed by atoms with Crippen LogP contribution in [0.15, 0.2) is 85.0 Å². The van der Waals surface area contributed by atoms with Crippen molar-refractivity contribution in [1.29, 1.82) is 0 Å². The number of ether oxygens (including phenoxy) is 2. The molecule has 0 unspecified atom stereocenters. The molecule has 0 bridgehead atoms. The van der Waals surface area contributed by atoms with Gasteiger partial charge in [0.2, 0.25) is 5.78 Å². The van der Waals surface area contributed by atoms with E-state index in [-0.39, 0.29) is 44.2 Å². The molecule has 0 saturated heterocycles. The van der Waals surface area contributed by atoms with Gasteiger partial charge in [-0.1, -0.05) is 92.2 Å². The Morgan fingerprint density at radius 1 is 0.951 bits per heavy atom. The van der Waals surface area contributed by atoms with E-state index in [1.807, 2.05) is 72.8 Å². The van der Waals surface area contributed by atoms with Crippen LogP contribution in [-0.4, -0.2) is 29.6 Å². The van der Waals surface area contributed by atoms with Crippen molar-refractivity contribution in [3.05, 3.63) is 96.1 Å². The molecule has 3 rings (SSSR count). The highest BCUT2D eigenvalue weighted by Crippen LogP contribution is 2.36. The lowest BCUT2D eigenvalue weighted by atomic mass is 9.90. The zero-order valence-electron chi connectivity index (χ0n) is 23.7. The van der Waals surface area contributed by atoms with Gasteiger partial charge in [0.15, 0.2) is 0 Å². The monoisotopic (exact) mass is 566 g/mol. The number of alkyl halides is 2. The lowest BCUT2D eigenvalue weighted by Gasteiger charge is -2.21. The zero-order chi connectivity index (χ0) is 29.5. The molecule has 1 aliphatic rings. The van der Waals surface area contributed by atoms with Gasteiger partial charge in [-0.15, -0.1) is 0 Å². The van der Waals surface area contributed by atoms with E-state index < -0.39 is 36.1 Å². The van der Waals surface area contributed by atoms with Gasteiger partial charge in [0.25, 0.3) is 0 Å². The topological polar surface area (TPSA) is 69.7 Å². The van der Waals surface area contributed by atoms with Crippen molar-refractivity contribution >= 4 is 17.5 Å². The van der Waals surface area contributed by atoms with Crippen LogP contribution in [0.25, 0.3) is 0 Å². The van der Waals surface area contributed by atoms with Crippen molar-refractivity contribution in [2.75, 3.05) is 0 Å². The molecule has 41 heavy (non-hydrogen) atoms. The molecule has 0 radical (unpaired) electrons. The van der Waals surface area contributed by atoms with E-state index in [1.54, 1.807) is 6.92 Å². The second-order valence-corrected chi connectivity index (χ2v) is 10.5. The van der Waals surface area contributed by atoms with Gasteiger partial charge >= 0.3 is 11.9 Å². The molecule has 3 atom stereocenters. The van der Waals surface area contributed by atoms with E-state index in [1.165, 1.54) is 6.08 Å². The molecule has 2 aromatic carbocycles. The molecule has 1 fully saturated rings. The van der Waals surface area contributed by atoms with Crippen molar-refractivity contribution in [1.82, 2.24) is 0 Å². The molecule has 0 spiro atoms. The van der Waals surface area contributed by atoms with Crippen molar-refractivity contribution in [2.24, 2.45) is 11.8 Å². The van der Waals surface area contributed by atoms with E-state index in [9.17, 15) is 23.2 Å². The number of hydrogen-bond acceptors (Lipinski definition) is 5. The average Bonchev–Trinajstić information content (AvgIpc) is 3.28. The van der Waals surface area contributed by atoms with E-state index in [4.69, 9.17) is 9.47 Å². The predicted molar refractivity (Wildman–Crippen MR) is 154 cm³/mol. The second kappa shape index (κ2) is 16.7. The van der Waals surface area contributed by atoms with E-state index in [2.05, 4.69) is 0 Å². The van der Waals surface area contributed by atoms with Gasteiger partial charge in [-0.05, 0) is 42.9 Å². The van der Waals surface area contributed by atoms with Crippen LogP contribution >= 0.6 is 0 Å². The van der Waals surface area contributed by atoms with Crippen LogP contribution in [0.1, 0.15) is 69.4 Å². The van der Waals surface area contributed by atoms with E-state index >= 15 is 0 Å². The van der Waals surface area contributed by atoms with Gasteiger partial charge in [-0.25, -0.2) is 0 Å². The van der Waals surface area contributed by atoms with Crippen molar-refractivity contribution in [3.8, 4) is 0 Å². The minimum absolute atomic E-state index is 0.0166. The summed E-state index contributed by atoms with van der Waals surface area (Å²) in [6.45, 7) is 2.33. The number of carbonyl (C=O) groups excluding carboxylic acids is 3. The molecular weight excluding hydrogens is 526 g/mol. The summed E-state index contributed by atoms with van der Waals surface area (Å²) in [6, 6.07) is 19.0. The zero-order valence-corrected chi connectivity index (χ0v) is 23.7. The maximum atomic E-state index is 14.3. The molecule has 1 saturated carbocycles. The Morgan fingerprint density at radius 2 is 1.61 bits per heavy atom. The Balaban J connectivity index is 1.55. The fourth-order valence-corrected chi connectivity index (χ4v) is 4.83. The number of unbranched alkanes of at least 4 members (excludes halogenated alkanes) is 2. The molecule has 2 aromatic rings. The second-order valence-electron chi connectivity index (χ2n) is 10.5. The molecule has 0 amide bonds. The Kier molecular flexibility index (Phi) is 13.1. The smallest absolute Gasteiger partial charge is 0.309 e. The van der Waals surface area contributed by atoms with Crippen LogP contribution in [0.5, 0.6) is 0 Å². The summed E-state index contributed by atoms with van der Waals surface area (Å²) in [7, 11) is 0. The van der Waals surface area contributed by atoms with Gasteiger partial charge in [-0.2, -0.15) is 8.78 Å². The third kappa shape index (κ3) is 10.8. The summed E-state index contributed by atoms with van der Waals surface area (Å²) in [5.41, 5.74) is 1.87. The summed E-state index contributed by atoms with van der Waals surface area (Å²) in [5, 5.41) is 0. The summed E-state index contributed by atoms with van der Waals surface area (Å²) in [4.78, 5) is 37.3. The largest absolute Gasteiger partial charge is 0.461 e. The number of hydrogen-bond donors (Lipinski definition) is 0. The fourth-order valence-electron chi connectivity index (χ4n) is 4.83. The molecule has 1 aliphatic carbocycles. The third-order valence-electron chi connectivity index (χ3n) is 7.24. The summed E-state index contributed by atoms with van der Waals surface area (Å²) < 4.78 is 39.9. The Bertz CT molecular complexity index is 1160. The molecule has 0 N–H and O–H groups in total. The predicted octanol–water partition coefficient (Wildman–Crippen LogP) is 7.59. The SMILES string of the molecule is CCCCC(F)(F)C(=O)C=C[C@H]1[C@H](OCc2ccccc2)CC(=O)[C@@H]1CC=CCCCC(=O)OCc1ccccc1. The fraction of sp³-hybridized carbons (Fsp3) is 0.441. The number of carbonyl (C=O) groups is 3. The van der Waals surface area contributed by atoms with Crippen molar-refractivity contribution in [3.63, 3.8) is 0 Å². The average molecular weight is 567 g/mol. The lowest BCUT2D eigenvalue weighted by Crippen LogP contribution is -2.28. The highest BCUT2D eigenvalue weighted by molar-refractivity contribution is 5.96. The Hall–Kier alpha value is -3.45. The standard InChI is InChI=1S/C34H40F2O5/c1-2-3-22-34(35,36)32(38)21-20-29-28(30(37)23-31(29)40-24-26-14-8-6-9-15-26)18-12-4-5-13-19-33(39)41-25-27-16-10-7-11-17-27/h4,6-12,14-17,20-21,28-29,31H,2-3,5,13,18-19,22-25H2,1H3/t28-,29-,31-/m1/s1. The van der Waals surface area contributed by atoms with Gasteiger partial charge < -0.3 is 9.47 Å². The Labute approximate surface area is 241 Å². The first-order chi connectivity index (χ1) is 19.8. The van der Waals surface area contributed by atoms with Crippen LogP contribution in [0.2, 0.25) is 0 Å². The first kappa shape index (κ1) is 32.1. The maximum Gasteiger partial charge on any atom is 0.309 e. The minimum atomic E-state index is -3.42. The maximum absolute atomic E-state index is 14.3. The van der Waals surface area contributed by atoms with Crippen LogP contribution in [0.3, 0.4) is 0 Å². The number of ketones is 2. The molecule has 5 nitrogen and oxygen atoms in total. The highest BCUT2D eigenvalue weighted by atomic mass is 19.3. The first-order valence-electron chi connectivity index (χ1n) is 14.4. The summed E-state index contributed by atoms with van der Waals surface area (Å²) in [6.07, 6.45) is 8.12. The van der Waals surface area contributed by atoms with Gasteiger partial charge in [0.05, 0.1) is 12.7 Å². The molecule has 220 valence electrons. The third-order valence-corrected chi connectivity index (χ3v) is 7.24. The minimum Gasteiger partial charge on any atom is -0.461 e. The van der Waals surface area contributed by atoms with Crippen molar-refractivity contribution in [2.45, 2.75) is 83.5 Å². The number of rotatable bonds is 17. The summed E-state index contributed by atoms with van der Waals surface area (Å²) >= 11 is 0. The van der Waals surface area contributed by atoms with Crippen LogP contribution < -0.4 is 0 Å². The molecule has 0 heterocycles. The van der Waals surface area contributed by atoms with Gasteiger partial charge in [0, 0.05) is 31.1 Å². The van der Waals surface area contributed by atoms with E-state index in [0.29, 0.717) is 25.7 Å². The van der Waals surface area contributed by atoms with Crippen molar-refractivity contribution < 1.29 is 32.6 Å². The number of halogens is 2. The quantitative estimate of drug-likeness (QED) is 0.0854. The number of esters is 1.